The maximum atomic E-state index is 6.74. The van der Waals surface area contributed by atoms with Crippen LogP contribution in [0.3, 0.4) is 0 Å². The SMILES string of the molecule is c1ccc2c(c1)ccc1c3ccccc3c(-c3ccc4c(c3)oc3cc(-c5ccc6c(c5)c5ccccc5c5ccc7sc8ccccc8c7c56)ccc34)cc21. The zero-order valence-electron chi connectivity index (χ0n) is 30.1. The van der Waals surface area contributed by atoms with E-state index in [1.165, 1.54) is 95.9 Å². The molecule has 0 N–H and O–H groups in total. The van der Waals surface area contributed by atoms with Crippen LogP contribution < -0.4 is 0 Å². The van der Waals surface area contributed by atoms with E-state index in [2.05, 4.69) is 182 Å². The van der Waals surface area contributed by atoms with Gasteiger partial charge in [-0.05, 0) is 135 Å². The maximum Gasteiger partial charge on any atom is 0.136 e. The second-order valence-corrected chi connectivity index (χ2v) is 16.2. The Bertz CT molecular complexity index is 3820. The summed E-state index contributed by atoms with van der Waals surface area (Å²) in [5.41, 5.74) is 6.51. The van der Waals surface area contributed by atoms with Gasteiger partial charge in [-0.25, -0.2) is 0 Å². The van der Waals surface area contributed by atoms with Crippen molar-refractivity contribution in [2.75, 3.05) is 0 Å². The van der Waals surface area contributed by atoms with E-state index < -0.39 is 0 Å². The third-order valence-corrected chi connectivity index (χ3v) is 13.4. The van der Waals surface area contributed by atoms with Crippen LogP contribution in [0.1, 0.15) is 0 Å². The molecule has 1 nitrogen and oxygen atoms in total. The molecule has 2 heterocycles. The van der Waals surface area contributed by atoms with E-state index in [1.54, 1.807) is 0 Å². The van der Waals surface area contributed by atoms with Gasteiger partial charge in [-0.2, -0.15) is 0 Å². The first-order chi connectivity index (χ1) is 27.7. The number of benzene rings is 11. The van der Waals surface area contributed by atoms with E-state index in [1.807, 2.05) is 11.3 Å². The fourth-order valence-corrected chi connectivity index (χ4v) is 10.8. The molecule has 11 aromatic carbocycles. The minimum atomic E-state index is 0.902. The molecule has 0 amide bonds. The molecular weight excluding hydrogens is 697 g/mol. The predicted molar refractivity (Wildman–Crippen MR) is 243 cm³/mol. The Morgan fingerprint density at radius 3 is 1.61 bits per heavy atom. The van der Waals surface area contributed by atoms with Crippen molar-refractivity contribution in [3.05, 3.63) is 182 Å². The van der Waals surface area contributed by atoms with Crippen LogP contribution in [0, 0.1) is 0 Å². The number of fused-ring (bicyclic) bond motifs is 18. The van der Waals surface area contributed by atoms with Crippen LogP contribution in [0.4, 0.5) is 0 Å². The first-order valence-electron chi connectivity index (χ1n) is 19.2. The molecule has 0 radical (unpaired) electrons. The monoisotopic (exact) mass is 726 g/mol. The molecular formula is C54H30OS. The molecule has 0 aliphatic carbocycles. The largest absolute Gasteiger partial charge is 0.456 e. The number of rotatable bonds is 2. The van der Waals surface area contributed by atoms with Crippen molar-refractivity contribution in [2.24, 2.45) is 0 Å². The Balaban J connectivity index is 0.989. The van der Waals surface area contributed by atoms with E-state index in [9.17, 15) is 0 Å². The zero-order valence-corrected chi connectivity index (χ0v) is 31.0. The molecule has 0 aliphatic rings. The Morgan fingerprint density at radius 2 is 0.804 bits per heavy atom. The summed E-state index contributed by atoms with van der Waals surface area (Å²) in [5, 5.41) is 20.4. The molecule has 2 aromatic heterocycles. The molecule has 258 valence electrons. The lowest BCUT2D eigenvalue weighted by molar-refractivity contribution is 0.669. The molecule has 0 spiro atoms. The van der Waals surface area contributed by atoms with Gasteiger partial charge in [0, 0.05) is 30.9 Å². The van der Waals surface area contributed by atoms with E-state index in [-0.39, 0.29) is 0 Å². The molecule has 0 fully saturated rings. The highest BCUT2D eigenvalue weighted by atomic mass is 32.1. The standard InChI is InChI=1S/C54H30OS/c1-2-10-35-31(9-1)17-21-40-36-11-3-5-13-38(36)46(30-48(35)40)34-20-23-42-41-22-18-33(28-49(41)55-50(42)29-34)32-19-24-44-47(27-32)39-14-6-4-12-37(39)43-25-26-52-54(53(43)44)45-15-7-8-16-51(45)56-52/h1-30H. The second-order valence-electron chi connectivity index (χ2n) is 15.1. The smallest absolute Gasteiger partial charge is 0.136 e. The van der Waals surface area contributed by atoms with Gasteiger partial charge >= 0.3 is 0 Å². The summed E-state index contributed by atoms with van der Waals surface area (Å²) in [6.45, 7) is 0. The van der Waals surface area contributed by atoms with Crippen LogP contribution in [0.2, 0.25) is 0 Å². The Labute approximate surface area is 325 Å². The fourth-order valence-electron chi connectivity index (χ4n) is 9.66. The third-order valence-electron chi connectivity index (χ3n) is 12.2. The average Bonchev–Trinajstić information content (AvgIpc) is 3.83. The number of furan rings is 1. The Kier molecular flexibility index (Phi) is 6.11. The van der Waals surface area contributed by atoms with Crippen LogP contribution >= 0.6 is 11.3 Å². The lowest BCUT2D eigenvalue weighted by Crippen LogP contribution is -1.86. The van der Waals surface area contributed by atoms with Gasteiger partial charge in [-0.1, -0.05) is 133 Å². The zero-order chi connectivity index (χ0) is 36.5. The molecule has 0 saturated carbocycles. The number of thiophene rings is 1. The van der Waals surface area contributed by atoms with Gasteiger partial charge in [0.1, 0.15) is 11.2 Å². The first kappa shape index (κ1) is 30.3. The summed E-state index contributed by atoms with van der Waals surface area (Å²) in [7, 11) is 0. The molecule has 0 aliphatic heterocycles. The van der Waals surface area contributed by atoms with Gasteiger partial charge in [-0.3, -0.25) is 0 Å². The van der Waals surface area contributed by atoms with E-state index in [0.717, 1.165) is 33.1 Å². The van der Waals surface area contributed by atoms with E-state index in [4.69, 9.17) is 4.42 Å². The van der Waals surface area contributed by atoms with Crippen molar-refractivity contribution in [2.45, 2.75) is 0 Å². The Hall–Kier alpha value is -7.00. The topological polar surface area (TPSA) is 13.1 Å². The number of hydrogen-bond acceptors (Lipinski definition) is 2. The first-order valence-corrected chi connectivity index (χ1v) is 20.1. The van der Waals surface area contributed by atoms with E-state index in [0.29, 0.717) is 0 Å². The summed E-state index contributed by atoms with van der Waals surface area (Å²) >= 11 is 1.88. The summed E-state index contributed by atoms with van der Waals surface area (Å²) in [5.74, 6) is 0. The van der Waals surface area contributed by atoms with Crippen LogP contribution in [-0.4, -0.2) is 0 Å². The van der Waals surface area contributed by atoms with Crippen LogP contribution in [0.5, 0.6) is 0 Å². The van der Waals surface area contributed by atoms with Crippen molar-refractivity contribution in [1.82, 2.24) is 0 Å². The minimum absolute atomic E-state index is 0.902. The number of hydrogen-bond donors (Lipinski definition) is 0. The highest BCUT2D eigenvalue weighted by Gasteiger charge is 2.17. The molecule has 13 rings (SSSR count). The average molecular weight is 727 g/mol. The molecule has 0 atom stereocenters. The van der Waals surface area contributed by atoms with E-state index >= 15 is 0 Å². The van der Waals surface area contributed by atoms with Gasteiger partial charge < -0.3 is 4.42 Å². The molecule has 0 bridgehead atoms. The van der Waals surface area contributed by atoms with Gasteiger partial charge in [-0.15, -0.1) is 11.3 Å². The molecule has 0 unspecified atom stereocenters. The van der Waals surface area contributed by atoms with Crippen LogP contribution in [-0.2, 0) is 0 Å². The van der Waals surface area contributed by atoms with Gasteiger partial charge in [0.15, 0.2) is 0 Å². The van der Waals surface area contributed by atoms with Crippen molar-refractivity contribution in [3.8, 4) is 22.3 Å². The quantitative estimate of drug-likeness (QED) is 0.162. The van der Waals surface area contributed by atoms with Gasteiger partial charge in [0.25, 0.3) is 0 Å². The summed E-state index contributed by atoms with van der Waals surface area (Å²) < 4.78 is 9.41. The fraction of sp³-hybridized carbons (Fsp3) is 0. The Morgan fingerprint density at radius 1 is 0.286 bits per heavy atom. The van der Waals surface area contributed by atoms with Crippen LogP contribution in [0.25, 0.3) is 129 Å². The van der Waals surface area contributed by atoms with Crippen molar-refractivity contribution < 1.29 is 4.42 Å². The van der Waals surface area contributed by atoms with Crippen LogP contribution in [0.15, 0.2) is 186 Å². The highest BCUT2D eigenvalue weighted by Crippen LogP contribution is 2.46. The highest BCUT2D eigenvalue weighted by molar-refractivity contribution is 7.26. The summed E-state index contributed by atoms with van der Waals surface area (Å²) in [6.07, 6.45) is 0. The maximum absolute atomic E-state index is 6.74. The lowest BCUT2D eigenvalue weighted by Gasteiger charge is -2.13. The lowest BCUT2D eigenvalue weighted by atomic mass is 9.90. The van der Waals surface area contributed by atoms with Gasteiger partial charge in [0.2, 0.25) is 0 Å². The minimum Gasteiger partial charge on any atom is -0.456 e. The molecule has 2 heteroatoms. The van der Waals surface area contributed by atoms with Crippen molar-refractivity contribution >= 4 is 118 Å². The van der Waals surface area contributed by atoms with Crippen molar-refractivity contribution in [3.63, 3.8) is 0 Å². The second kappa shape index (κ2) is 11.3. The van der Waals surface area contributed by atoms with Crippen molar-refractivity contribution in [1.29, 1.82) is 0 Å². The molecule has 0 saturated heterocycles. The summed E-state index contributed by atoms with van der Waals surface area (Å²) in [4.78, 5) is 0. The predicted octanol–water partition coefficient (Wildman–Crippen LogP) is 16.2. The normalized spacial score (nSPS) is 12.3. The summed E-state index contributed by atoms with van der Waals surface area (Å²) in [6, 6.07) is 67.2. The molecule has 13 aromatic rings. The van der Waals surface area contributed by atoms with Gasteiger partial charge in [0.05, 0.1) is 0 Å². The third kappa shape index (κ3) is 4.19. The molecule has 56 heavy (non-hydrogen) atoms.